The average molecular weight is 310 g/mol. The van der Waals surface area contributed by atoms with Gasteiger partial charge in [0.05, 0.1) is 10.6 Å². The zero-order valence-electron chi connectivity index (χ0n) is 12.4. The highest BCUT2D eigenvalue weighted by Crippen LogP contribution is 2.30. The highest BCUT2D eigenvalue weighted by atomic mass is 35.5. The van der Waals surface area contributed by atoms with E-state index in [2.05, 4.69) is 15.3 Å². The van der Waals surface area contributed by atoms with Crippen molar-refractivity contribution in [2.45, 2.75) is 26.7 Å². The fourth-order valence-electron chi connectivity index (χ4n) is 1.77. The van der Waals surface area contributed by atoms with Crippen molar-refractivity contribution in [2.24, 2.45) is 0 Å². The molecule has 21 heavy (non-hydrogen) atoms. The largest absolute Gasteiger partial charge is 0.438 e. The number of benzene rings is 1. The van der Waals surface area contributed by atoms with Crippen LogP contribution in [0.1, 0.15) is 31.2 Å². The molecular weight excluding hydrogens is 293 g/mol. The van der Waals surface area contributed by atoms with Crippen LogP contribution in [0.25, 0.3) is 0 Å². The summed E-state index contributed by atoms with van der Waals surface area (Å²) in [6.45, 7) is 5.86. The van der Waals surface area contributed by atoms with Gasteiger partial charge in [-0.2, -0.15) is 4.98 Å². The number of nitrogens with one attached hydrogen (secondary N) is 1. The Morgan fingerprint density at radius 2 is 2.00 bits per heavy atom. The lowest BCUT2D eigenvalue weighted by Crippen LogP contribution is -2.06. The Hall–Kier alpha value is -1.88. The third-order valence-corrected chi connectivity index (χ3v) is 3.27. The molecule has 1 aromatic carbocycles. The first-order valence-corrected chi connectivity index (χ1v) is 6.99. The van der Waals surface area contributed by atoms with Gasteiger partial charge in [-0.25, -0.2) is 9.37 Å². The third-order valence-electron chi connectivity index (χ3n) is 2.98. The second kappa shape index (κ2) is 6.26. The number of halogens is 2. The summed E-state index contributed by atoms with van der Waals surface area (Å²) in [7, 11) is 1.79. The van der Waals surface area contributed by atoms with E-state index in [1.807, 2.05) is 20.8 Å². The topological polar surface area (TPSA) is 47.0 Å². The molecule has 1 aromatic heterocycles. The molecule has 0 saturated carbocycles. The van der Waals surface area contributed by atoms with E-state index in [9.17, 15) is 4.39 Å². The Morgan fingerprint density at radius 3 is 2.57 bits per heavy atom. The lowest BCUT2D eigenvalue weighted by atomic mass is 10.2. The van der Waals surface area contributed by atoms with Gasteiger partial charge in [0.15, 0.2) is 0 Å². The van der Waals surface area contributed by atoms with Crippen molar-refractivity contribution in [3.8, 4) is 11.6 Å². The maximum absolute atomic E-state index is 13.2. The number of nitrogens with zero attached hydrogens (tertiary/aromatic N) is 2. The SMILES string of the molecule is CNc1nc(C(C)C)nc(Oc2ccc(F)c(Cl)c2)c1C. The lowest BCUT2D eigenvalue weighted by molar-refractivity contribution is 0.452. The third kappa shape index (κ3) is 3.42. The van der Waals surface area contributed by atoms with Gasteiger partial charge in [0.2, 0.25) is 5.88 Å². The van der Waals surface area contributed by atoms with Crippen LogP contribution in [0.3, 0.4) is 0 Å². The fourth-order valence-corrected chi connectivity index (χ4v) is 1.94. The van der Waals surface area contributed by atoms with Crippen molar-refractivity contribution < 1.29 is 9.13 Å². The zero-order valence-corrected chi connectivity index (χ0v) is 13.1. The van der Waals surface area contributed by atoms with Crippen molar-refractivity contribution >= 4 is 17.4 Å². The minimum Gasteiger partial charge on any atom is -0.438 e. The number of rotatable bonds is 4. The first-order valence-electron chi connectivity index (χ1n) is 6.61. The minimum absolute atomic E-state index is 0.0112. The first kappa shape index (κ1) is 15.5. The Labute approximate surface area is 128 Å². The molecule has 1 heterocycles. The average Bonchev–Trinajstić information content (AvgIpc) is 2.44. The van der Waals surface area contributed by atoms with E-state index in [1.165, 1.54) is 18.2 Å². The van der Waals surface area contributed by atoms with Crippen LogP contribution in [0, 0.1) is 12.7 Å². The quantitative estimate of drug-likeness (QED) is 0.901. The normalized spacial score (nSPS) is 10.8. The molecule has 0 radical (unpaired) electrons. The Kier molecular flexibility index (Phi) is 4.63. The Balaban J connectivity index is 2.42. The molecule has 112 valence electrons. The Bertz CT molecular complexity index is 662. The van der Waals surface area contributed by atoms with Crippen LogP contribution in [0.15, 0.2) is 18.2 Å². The second-order valence-corrected chi connectivity index (χ2v) is 5.35. The van der Waals surface area contributed by atoms with Crippen LogP contribution in [0.2, 0.25) is 5.02 Å². The lowest BCUT2D eigenvalue weighted by Gasteiger charge is -2.14. The molecule has 0 amide bonds. The molecule has 1 N–H and O–H groups in total. The molecule has 0 spiro atoms. The van der Waals surface area contributed by atoms with Crippen LogP contribution in [-0.2, 0) is 0 Å². The zero-order chi connectivity index (χ0) is 15.6. The summed E-state index contributed by atoms with van der Waals surface area (Å²) < 4.78 is 18.9. The summed E-state index contributed by atoms with van der Waals surface area (Å²) in [6, 6.07) is 4.19. The molecule has 0 saturated heterocycles. The summed E-state index contributed by atoms with van der Waals surface area (Å²) in [5, 5.41) is 3.03. The van der Waals surface area contributed by atoms with Crippen LogP contribution in [0.4, 0.5) is 10.2 Å². The van der Waals surface area contributed by atoms with Crippen molar-refractivity contribution in [3.05, 3.63) is 40.4 Å². The number of ether oxygens (including phenoxy) is 1. The summed E-state index contributed by atoms with van der Waals surface area (Å²) in [5.41, 5.74) is 0.780. The number of anilines is 1. The molecule has 0 atom stereocenters. The van der Waals surface area contributed by atoms with Gasteiger partial charge in [0.25, 0.3) is 0 Å². The number of aromatic nitrogens is 2. The van der Waals surface area contributed by atoms with Gasteiger partial charge in [-0.05, 0) is 19.1 Å². The molecule has 0 aliphatic rings. The van der Waals surface area contributed by atoms with Gasteiger partial charge < -0.3 is 10.1 Å². The maximum Gasteiger partial charge on any atom is 0.227 e. The standard InChI is InChI=1S/C15H17ClFN3O/c1-8(2)13-19-14(18-4)9(3)15(20-13)21-10-5-6-12(17)11(16)7-10/h5-8H,1-4H3,(H,18,19,20). The molecule has 2 rings (SSSR count). The molecule has 4 nitrogen and oxygen atoms in total. The molecule has 0 aliphatic heterocycles. The highest BCUT2D eigenvalue weighted by Gasteiger charge is 2.14. The molecule has 0 bridgehead atoms. The Morgan fingerprint density at radius 1 is 1.29 bits per heavy atom. The van der Waals surface area contributed by atoms with E-state index in [0.29, 0.717) is 23.3 Å². The van der Waals surface area contributed by atoms with Crippen LogP contribution < -0.4 is 10.1 Å². The first-order chi connectivity index (χ1) is 9.92. The van der Waals surface area contributed by atoms with Crippen LogP contribution in [0.5, 0.6) is 11.6 Å². The fraction of sp³-hybridized carbons (Fsp3) is 0.333. The maximum atomic E-state index is 13.2. The van der Waals surface area contributed by atoms with Gasteiger partial charge in [-0.1, -0.05) is 25.4 Å². The number of hydrogen-bond acceptors (Lipinski definition) is 4. The van der Waals surface area contributed by atoms with Crippen molar-refractivity contribution in [1.82, 2.24) is 9.97 Å². The van der Waals surface area contributed by atoms with Crippen molar-refractivity contribution in [2.75, 3.05) is 12.4 Å². The van der Waals surface area contributed by atoms with Gasteiger partial charge in [-0.15, -0.1) is 0 Å². The van der Waals surface area contributed by atoms with E-state index < -0.39 is 5.82 Å². The van der Waals surface area contributed by atoms with Gasteiger partial charge >= 0.3 is 0 Å². The van der Waals surface area contributed by atoms with Gasteiger partial charge in [0.1, 0.15) is 23.2 Å². The molecule has 0 fully saturated rings. The summed E-state index contributed by atoms with van der Waals surface area (Å²) in [4.78, 5) is 8.85. The molecular formula is C15H17ClFN3O. The number of hydrogen-bond donors (Lipinski definition) is 1. The molecule has 0 aliphatic carbocycles. The van der Waals surface area contributed by atoms with E-state index >= 15 is 0 Å². The van der Waals surface area contributed by atoms with Crippen molar-refractivity contribution in [1.29, 1.82) is 0 Å². The van der Waals surface area contributed by atoms with E-state index in [1.54, 1.807) is 7.05 Å². The van der Waals surface area contributed by atoms with Gasteiger partial charge in [0, 0.05) is 19.0 Å². The summed E-state index contributed by atoms with van der Waals surface area (Å²) in [6.07, 6.45) is 0. The van der Waals surface area contributed by atoms with E-state index in [4.69, 9.17) is 16.3 Å². The smallest absolute Gasteiger partial charge is 0.227 e. The van der Waals surface area contributed by atoms with Crippen molar-refractivity contribution in [3.63, 3.8) is 0 Å². The van der Waals surface area contributed by atoms with Crippen LogP contribution >= 0.6 is 11.6 Å². The van der Waals surface area contributed by atoms with E-state index in [0.717, 1.165) is 5.56 Å². The monoisotopic (exact) mass is 309 g/mol. The molecule has 0 unspecified atom stereocenters. The van der Waals surface area contributed by atoms with E-state index in [-0.39, 0.29) is 10.9 Å². The van der Waals surface area contributed by atoms with Gasteiger partial charge in [-0.3, -0.25) is 0 Å². The summed E-state index contributed by atoms with van der Waals surface area (Å²) >= 11 is 5.76. The second-order valence-electron chi connectivity index (χ2n) is 4.94. The molecule has 6 heteroatoms. The highest BCUT2D eigenvalue weighted by molar-refractivity contribution is 6.30. The predicted octanol–water partition coefficient (Wildman–Crippen LogP) is 4.53. The predicted molar refractivity (Wildman–Crippen MR) is 81.9 cm³/mol. The minimum atomic E-state index is -0.484. The van der Waals surface area contributed by atoms with Crippen LogP contribution in [-0.4, -0.2) is 17.0 Å². The molecule has 2 aromatic rings. The summed E-state index contributed by atoms with van der Waals surface area (Å²) in [5.74, 6) is 1.92.